The predicted molar refractivity (Wildman–Crippen MR) is 99.6 cm³/mol. The van der Waals surface area contributed by atoms with Gasteiger partial charge in [0.05, 0.1) is 0 Å². The Balaban J connectivity index is 0.00000182. The second-order valence-electron chi connectivity index (χ2n) is 6.94. The van der Waals surface area contributed by atoms with Gasteiger partial charge in [-0.15, -0.1) is 24.8 Å². The maximum atomic E-state index is 12.6. The van der Waals surface area contributed by atoms with E-state index in [0.29, 0.717) is 11.8 Å². The van der Waals surface area contributed by atoms with Crippen molar-refractivity contribution in [3.05, 3.63) is 24.0 Å². The van der Waals surface area contributed by atoms with Crippen LogP contribution in [0.3, 0.4) is 0 Å². The van der Waals surface area contributed by atoms with E-state index < -0.39 is 18.7 Å². The molecule has 2 aliphatic rings. The number of pyridine rings is 1. The lowest BCUT2D eigenvalue weighted by Crippen LogP contribution is -2.53. The molecule has 1 amide bonds. The number of halogens is 5. The van der Waals surface area contributed by atoms with Gasteiger partial charge in [-0.3, -0.25) is 4.79 Å². The first kappa shape index (κ1) is 23.8. The number of amides is 1. The molecular weight excluding hydrogens is 406 g/mol. The molecule has 3 N–H and O–H groups in total. The number of alkyl halides is 3. The minimum Gasteiger partial charge on any atom is -0.482 e. The zero-order valence-corrected chi connectivity index (χ0v) is 16.2. The highest BCUT2D eigenvalue weighted by Crippen LogP contribution is 2.39. The minimum absolute atomic E-state index is 0. The van der Waals surface area contributed by atoms with Crippen LogP contribution in [0, 0.1) is 11.8 Å². The largest absolute Gasteiger partial charge is 0.482 e. The molecule has 2 bridgehead atoms. The zero-order valence-electron chi connectivity index (χ0n) is 14.6. The summed E-state index contributed by atoms with van der Waals surface area (Å²) in [6.07, 6.45) is 1.76. The SMILES string of the molecule is Cl.Cl.NC1CC2CCCC(C1)C2NC(=O)c1ncccc1OCC(F)(F)F. The average Bonchev–Trinajstić information content (AvgIpc) is 2.53. The molecule has 2 unspecified atom stereocenters. The summed E-state index contributed by atoms with van der Waals surface area (Å²) in [6.45, 7) is -1.46. The number of carbonyl (C=O) groups excluding carboxylic acids is 1. The van der Waals surface area contributed by atoms with Gasteiger partial charge >= 0.3 is 6.18 Å². The maximum Gasteiger partial charge on any atom is 0.422 e. The number of hydrogen-bond acceptors (Lipinski definition) is 4. The monoisotopic (exact) mass is 429 g/mol. The van der Waals surface area contributed by atoms with Crippen LogP contribution in [-0.4, -0.2) is 35.8 Å². The summed E-state index contributed by atoms with van der Waals surface area (Å²) in [5.74, 6) is -0.0189. The van der Waals surface area contributed by atoms with E-state index in [9.17, 15) is 18.0 Å². The molecule has 5 nitrogen and oxygen atoms in total. The molecular formula is C17H24Cl2F3N3O2. The van der Waals surface area contributed by atoms with Crippen molar-refractivity contribution in [3.63, 3.8) is 0 Å². The normalized spacial score (nSPS) is 27.0. The number of nitrogens with zero attached hydrogens (tertiary/aromatic N) is 1. The van der Waals surface area contributed by atoms with E-state index in [2.05, 4.69) is 10.3 Å². The quantitative estimate of drug-likeness (QED) is 0.767. The van der Waals surface area contributed by atoms with Crippen LogP contribution in [0.25, 0.3) is 0 Å². The Morgan fingerprint density at radius 1 is 1.26 bits per heavy atom. The van der Waals surface area contributed by atoms with Gasteiger partial charge in [-0.2, -0.15) is 13.2 Å². The number of fused-ring (bicyclic) bond motifs is 2. The van der Waals surface area contributed by atoms with Crippen LogP contribution < -0.4 is 15.8 Å². The molecule has 0 saturated heterocycles. The standard InChI is InChI=1S/C17H22F3N3O2.2ClH/c18-17(19,20)9-25-13-5-2-6-22-15(13)16(24)23-14-10-3-1-4-11(14)8-12(21)7-10;;/h2,5-6,10-12,14H,1,3-4,7-9,21H2,(H,23,24);2*1H. The van der Waals surface area contributed by atoms with Crippen LogP contribution in [0.5, 0.6) is 5.75 Å². The fraction of sp³-hybridized carbons (Fsp3) is 0.647. The molecule has 1 aromatic heterocycles. The molecule has 2 aliphatic carbocycles. The third kappa shape index (κ3) is 6.12. The van der Waals surface area contributed by atoms with E-state index in [0.717, 1.165) is 32.1 Å². The van der Waals surface area contributed by atoms with Crippen LogP contribution in [0.2, 0.25) is 0 Å². The maximum absolute atomic E-state index is 12.6. The van der Waals surface area contributed by atoms with Gasteiger partial charge in [-0.1, -0.05) is 6.42 Å². The Labute approximate surface area is 168 Å². The molecule has 3 rings (SSSR count). The molecule has 0 aromatic carbocycles. The van der Waals surface area contributed by atoms with Crippen molar-refractivity contribution in [2.75, 3.05) is 6.61 Å². The number of aromatic nitrogens is 1. The molecule has 0 spiro atoms. The first-order chi connectivity index (χ1) is 11.8. The Morgan fingerprint density at radius 2 is 1.89 bits per heavy atom. The van der Waals surface area contributed by atoms with Gasteiger partial charge in [0.1, 0.15) is 0 Å². The van der Waals surface area contributed by atoms with Crippen LogP contribution in [0.1, 0.15) is 42.6 Å². The minimum atomic E-state index is -4.47. The summed E-state index contributed by atoms with van der Waals surface area (Å²) in [5.41, 5.74) is 5.97. The molecule has 10 heteroatoms. The molecule has 2 atom stereocenters. The van der Waals surface area contributed by atoms with Crippen molar-refractivity contribution in [3.8, 4) is 5.75 Å². The lowest BCUT2D eigenvalue weighted by molar-refractivity contribution is -0.153. The highest BCUT2D eigenvalue weighted by molar-refractivity contribution is 5.95. The van der Waals surface area contributed by atoms with Gasteiger partial charge < -0.3 is 15.8 Å². The molecule has 0 radical (unpaired) electrons. The zero-order chi connectivity index (χ0) is 18.0. The van der Waals surface area contributed by atoms with Crippen LogP contribution in [0.4, 0.5) is 13.2 Å². The van der Waals surface area contributed by atoms with Gasteiger partial charge in [-0.25, -0.2) is 4.98 Å². The fourth-order valence-corrected chi connectivity index (χ4v) is 4.08. The smallest absolute Gasteiger partial charge is 0.422 e. The van der Waals surface area contributed by atoms with E-state index >= 15 is 0 Å². The van der Waals surface area contributed by atoms with Crippen molar-refractivity contribution in [2.45, 2.75) is 50.4 Å². The van der Waals surface area contributed by atoms with E-state index in [1.165, 1.54) is 18.3 Å². The van der Waals surface area contributed by atoms with Crippen molar-refractivity contribution < 1.29 is 22.7 Å². The summed E-state index contributed by atoms with van der Waals surface area (Å²) in [7, 11) is 0. The lowest BCUT2D eigenvalue weighted by Gasteiger charge is -2.45. The highest BCUT2D eigenvalue weighted by Gasteiger charge is 2.40. The number of carbonyl (C=O) groups is 1. The Bertz CT molecular complexity index is 620. The number of hydrogen-bond donors (Lipinski definition) is 2. The van der Waals surface area contributed by atoms with Crippen LogP contribution in [0.15, 0.2) is 18.3 Å². The van der Waals surface area contributed by atoms with Gasteiger partial charge in [-0.05, 0) is 49.7 Å². The van der Waals surface area contributed by atoms with E-state index in [4.69, 9.17) is 10.5 Å². The van der Waals surface area contributed by atoms with E-state index in [1.54, 1.807) is 0 Å². The Hall–Kier alpha value is -1.25. The molecule has 154 valence electrons. The number of nitrogens with one attached hydrogen (secondary N) is 1. The first-order valence-electron chi connectivity index (χ1n) is 8.54. The van der Waals surface area contributed by atoms with Crippen LogP contribution in [-0.2, 0) is 0 Å². The second-order valence-corrected chi connectivity index (χ2v) is 6.94. The molecule has 1 aromatic rings. The van der Waals surface area contributed by atoms with E-state index in [1.807, 2.05) is 0 Å². The third-order valence-electron chi connectivity index (χ3n) is 5.05. The average molecular weight is 430 g/mol. The summed E-state index contributed by atoms with van der Waals surface area (Å²) in [6, 6.07) is 2.92. The molecule has 2 fully saturated rings. The van der Waals surface area contributed by atoms with Crippen molar-refractivity contribution in [1.82, 2.24) is 10.3 Å². The molecule has 0 aliphatic heterocycles. The second kappa shape index (κ2) is 9.80. The van der Waals surface area contributed by atoms with Crippen molar-refractivity contribution in [1.29, 1.82) is 0 Å². The van der Waals surface area contributed by atoms with Gasteiger partial charge in [0.25, 0.3) is 5.91 Å². The summed E-state index contributed by atoms with van der Waals surface area (Å²) in [4.78, 5) is 16.5. The summed E-state index contributed by atoms with van der Waals surface area (Å²) < 4.78 is 41.9. The number of ether oxygens (including phenoxy) is 1. The van der Waals surface area contributed by atoms with E-state index in [-0.39, 0.29) is 48.3 Å². The molecule has 1 heterocycles. The number of rotatable bonds is 4. The predicted octanol–water partition coefficient (Wildman–Crippen LogP) is 3.50. The highest BCUT2D eigenvalue weighted by atomic mass is 35.5. The fourth-order valence-electron chi connectivity index (χ4n) is 4.08. The Kier molecular flexibility index (Phi) is 8.63. The van der Waals surface area contributed by atoms with Crippen LogP contribution >= 0.6 is 24.8 Å². The summed E-state index contributed by atoms with van der Waals surface area (Å²) in [5, 5.41) is 2.98. The molecule has 2 saturated carbocycles. The van der Waals surface area contributed by atoms with Gasteiger partial charge in [0.15, 0.2) is 18.1 Å². The Morgan fingerprint density at radius 3 is 2.48 bits per heavy atom. The van der Waals surface area contributed by atoms with Crippen molar-refractivity contribution in [2.24, 2.45) is 17.6 Å². The third-order valence-corrected chi connectivity index (χ3v) is 5.05. The molecule has 27 heavy (non-hydrogen) atoms. The van der Waals surface area contributed by atoms with Gasteiger partial charge in [0, 0.05) is 18.3 Å². The first-order valence-corrected chi connectivity index (χ1v) is 8.54. The summed E-state index contributed by atoms with van der Waals surface area (Å²) >= 11 is 0. The topological polar surface area (TPSA) is 77.2 Å². The van der Waals surface area contributed by atoms with Crippen molar-refractivity contribution >= 4 is 30.7 Å². The lowest BCUT2D eigenvalue weighted by atomic mass is 9.67. The van der Waals surface area contributed by atoms with Gasteiger partial charge in [0.2, 0.25) is 0 Å². The number of nitrogens with two attached hydrogens (primary N) is 1.